The van der Waals surface area contributed by atoms with Crippen LogP contribution in [0, 0.1) is 0 Å². The van der Waals surface area contributed by atoms with Gasteiger partial charge < -0.3 is 30.1 Å². The zero-order valence-corrected chi connectivity index (χ0v) is 26.2. The molecule has 1 aromatic rings. The fraction of sp³-hybridized carbons (Fsp3) is 0.643. The van der Waals surface area contributed by atoms with Crippen molar-refractivity contribution in [3.05, 3.63) is 35.9 Å². The average molecular weight is 643 g/mol. The van der Waals surface area contributed by atoms with Gasteiger partial charge in [0.1, 0.15) is 6.61 Å². The summed E-state index contributed by atoms with van der Waals surface area (Å²) in [6, 6.07) is 9.23. The molecule has 246 valence electrons. The second kappa shape index (κ2) is 20.0. The van der Waals surface area contributed by atoms with Gasteiger partial charge in [0.05, 0.1) is 32.9 Å². The number of alkyl carbamates (subject to hydrolysis) is 1. The highest BCUT2D eigenvalue weighted by Crippen LogP contribution is 2.34. The first kappa shape index (κ1) is 37.0. The molecule has 2 unspecified atom stereocenters. The number of aliphatic carboxylic acids is 3. The number of carbonyl (C=O) groups is 4. The van der Waals surface area contributed by atoms with Crippen molar-refractivity contribution in [3.63, 3.8) is 0 Å². The lowest BCUT2D eigenvalue weighted by molar-refractivity contribution is -0.144. The fourth-order valence-corrected chi connectivity index (χ4v) is 5.78. The van der Waals surface area contributed by atoms with Crippen LogP contribution < -0.4 is 5.32 Å². The Morgan fingerprint density at radius 3 is 2.00 bits per heavy atom. The largest absolute Gasteiger partial charge is 0.480 e. The van der Waals surface area contributed by atoms with E-state index in [1.807, 2.05) is 30.3 Å². The van der Waals surface area contributed by atoms with Gasteiger partial charge in [-0.2, -0.15) is 0 Å². The molecule has 15 nitrogen and oxygen atoms in total. The highest BCUT2D eigenvalue weighted by molar-refractivity contribution is 7.25. The summed E-state index contributed by atoms with van der Waals surface area (Å²) < 4.78 is 24.2. The molecule has 0 spiro atoms. The fourth-order valence-electron chi connectivity index (χ4n) is 4.98. The molecule has 1 amide bonds. The Hall–Kier alpha value is -3.20. The quantitative estimate of drug-likeness (QED) is 0.149. The van der Waals surface area contributed by atoms with Gasteiger partial charge in [0.2, 0.25) is 0 Å². The minimum Gasteiger partial charge on any atom is -0.480 e. The van der Waals surface area contributed by atoms with Crippen LogP contribution in [-0.2, 0) is 35.0 Å². The monoisotopic (exact) mass is 642 g/mol. The van der Waals surface area contributed by atoms with Crippen LogP contribution in [0.3, 0.4) is 0 Å². The first-order valence-corrected chi connectivity index (χ1v) is 15.5. The van der Waals surface area contributed by atoms with Gasteiger partial charge in [-0.05, 0) is 25.3 Å². The summed E-state index contributed by atoms with van der Waals surface area (Å²) in [5.41, 5.74) is -0.504. The maximum absolute atomic E-state index is 12.9. The number of nitrogens with one attached hydrogen (secondary N) is 1. The summed E-state index contributed by atoms with van der Waals surface area (Å²) in [7, 11) is -0.990. The van der Waals surface area contributed by atoms with E-state index < -0.39 is 37.9 Å². The Bertz CT molecular complexity index is 1070. The Kier molecular flexibility index (Phi) is 16.8. The number of carbonyl (C=O) groups excluding carboxylic acids is 1. The summed E-state index contributed by atoms with van der Waals surface area (Å²) >= 11 is 0. The van der Waals surface area contributed by atoms with E-state index in [-0.39, 0.29) is 78.7 Å². The van der Waals surface area contributed by atoms with Crippen molar-refractivity contribution in [1.29, 1.82) is 0 Å². The second-order valence-electron chi connectivity index (χ2n) is 10.5. The van der Waals surface area contributed by atoms with Gasteiger partial charge in [0.15, 0.2) is 0 Å². The SMILES string of the molecule is CCOC(CCCNC(=O)OCc1ccccc1)([PH+]=O)N1CCN(CC(=O)O)CCCN(CC(=O)O)CCN(CC(=O)O)C1. The number of carboxylic acid groups (broad SMARTS) is 3. The molecule has 0 aliphatic carbocycles. The molecule has 1 saturated heterocycles. The molecule has 4 N–H and O–H groups in total. The molecular weight excluding hydrogens is 597 g/mol. The van der Waals surface area contributed by atoms with Crippen molar-refractivity contribution in [2.24, 2.45) is 0 Å². The van der Waals surface area contributed by atoms with Crippen molar-refractivity contribution < 1.29 is 48.5 Å². The Morgan fingerprint density at radius 1 is 0.864 bits per heavy atom. The maximum Gasteiger partial charge on any atom is 0.407 e. The van der Waals surface area contributed by atoms with Crippen LogP contribution in [0.15, 0.2) is 30.3 Å². The third-order valence-electron chi connectivity index (χ3n) is 7.04. The second-order valence-corrected chi connectivity index (χ2v) is 11.4. The lowest BCUT2D eigenvalue weighted by atomic mass is 10.2. The van der Waals surface area contributed by atoms with Crippen LogP contribution in [0.4, 0.5) is 4.79 Å². The number of carboxylic acids is 3. The molecule has 44 heavy (non-hydrogen) atoms. The minimum atomic E-state index is -1.35. The van der Waals surface area contributed by atoms with Gasteiger partial charge in [-0.25, -0.2) is 9.69 Å². The minimum absolute atomic E-state index is 0.0237. The van der Waals surface area contributed by atoms with E-state index in [0.29, 0.717) is 25.9 Å². The van der Waals surface area contributed by atoms with E-state index in [1.54, 1.807) is 26.5 Å². The van der Waals surface area contributed by atoms with E-state index in [1.165, 1.54) is 0 Å². The number of hydrogen-bond donors (Lipinski definition) is 4. The topological polar surface area (TPSA) is 189 Å². The van der Waals surface area contributed by atoms with E-state index >= 15 is 0 Å². The van der Waals surface area contributed by atoms with Crippen LogP contribution in [0.5, 0.6) is 0 Å². The number of ether oxygens (including phenoxy) is 2. The predicted molar refractivity (Wildman–Crippen MR) is 161 cm³/mol. The van der Waals surface area contributed by atoms with Crippen LogP contribution in [-0.4, -0.2) is 143 Å². The summed E-state index contributed by atoms with van der Waals surface area (Å²) in [6.07, 6.45) is 0.476. The van der Waals surface area contributed by atoms with Crippen molar-refractivity contribution in [2.75, 3.05) is 78.7 Å². The third kappa shape index (κ3) is 14.1. The molecule has 0 bridgehead atoms. The number of amides is 1. The molecule has 1 fully saturated rings. The number of nitrogens with zero attached hydrogens (tertiary/aromatic N) is 4. The summed E-state index contributed by atoms with van der Waals surface area (Å²) in [4.78, 5) is 53.8. The standard InChI is InChI=1S/C28H44N5O10P/c1-2-43-28(44-41,10-6-11-29-27(40)42-21-23-8-4-3-5-9-23)33-17-16-31(19-25(36)37)13-7-12-30(18-24(34)35)14-15-32(22-33)20-26(38)39/h3-5,8-9H,2,6-7,10-22H2,1H3,(H,29,40)(H,34,35)(H,36,37)(H,38,39)/p+1. The molecule has 1 heterocycles. The summed E-state index contributed by atoms with van der Waals surface area (Å²) in [5, 5.41) is 31.1. The summed E-state index contributed by atoms with van der Waals surface area (Å²) in [5.74, 6) is -3.13. The van der Waals surface area contributed by atoms with Gasteiger partial charge in [-0.15, -0.1) is 0 Å². The molecule has 0 saturated carbocycles. The smallest absolute Gasteiger partial charge is 0.407 e. The molecule has 1 aromatic carbocycles. The zero-order valence-electron chi connectivity index (χ0n) is 25.2. The van der Waals surface area contributed by atoms with Crippen LogP contribution in [0.2, 0.25) is 0 Å². The van der Waals surface area contributed by atoms with Gasteiger partial charge >= 0.3 is 37.9 Å². The van der Waals surface area contributed by atoms with E-state index in [9.17, 15) is 39.1 Å². The van der Waals surface area contributed by atoms with E-state index in [0.717, 1.165) is 5.56 Å². The number of hydrogen-bond acceptors (Lipinski definition) is 11. The Morgan fingerprint density at radius 2 is 1.43 bits per heavy atom. The predicted octanol–water partition coefficient (Wildman–Crippen LogP) is 1.23. The van der Waals surface area contributed by atoms with Crippen molar-refractivity contribution in [1.82, 2.24) is 24.9 Å². The van der Waals surface area contributed by atoms with Crippen LogP contribution in [0.1, 0.15) is 31.7 Å². The van der Waals surface area contributed by atoms with Crippen molar-refractivity contribution >= 4 is 32.5 Å². The first-order chi connectivity index (χ1) is 21.1. The van der Waals surface area contributed by atoms with Crippen LogP contribution in [0.25, 0.3) is 0 Å². The van der Waals surface area contributed by atoms with Crippen molar-refractivity contribution in [3.8, 4) is 0 Å². The van der Waals surface area contributed by atoms with Crippen LogP contribution >= 0.6 is 8.46 Å². The van der Waals surface area contributed by atoms with Gasteiger partial charge in [-0.1, -0.05) is 34.9 Å². The van der Waals surface area contributed by atoms with Crippen molar-refractivity contribution in [2.45, 2.75) is 38.3 Å². The third-order valence-corrected chi connectivity index (χ3v) is 8.07. The maximum atomic E-state index is 12.9. The lowest BCUT2D eigenvalue weighted by Gasteiger charge is -2.39. The first-order valence-electron chi connectivity index (χ1n) is 14.6. The molecule has 1 aliphatic rings. The summed E-state index contributed by atoms with van der Waals surface area (Å²) in [6.45, 7) is 3.22. The van der Waals surface area contributed by atoms with E-state index in [4.69, 9.17) is 9.47 Å². The van der Waals surface area contributed by atoms with Gasteiger partial charge in [-0.3, -0.25) is 29.1 Å². The number of rotatable bonds is 16. The highest BCUT2D eigenvalue weighted by atomic mass is 31.1. The Balaban J connectivity index is 2.21. The van der Waals surface area contributed by atoms with Gasteiger partial charge in [0, 0.05) is 52.2 Å². The zero-order chi connectivity index (χ0) is 32.4. The molecule has 0 aromatic heterocycles. The molecule has 16 heteroatoms. The molecule has 0 radical (unpaired) electrons. The lowest BCUT2D eigenvalue weighted by Crippen LogP contribution is -2.56. The number of benzene rings is 1. The average Bonchev–Trinajstić information content (AvgIpc) is 2.97. The molecular formula is C28H45N5O10P+. The highest BCUT2D eigenvalue weighted by Gasteiger charge is 2.46. The normalized spacial score (nSPS) is 18.0. The van der Waals surface area contributed by atoms with Gasteiger partial charge in [0.25, 0.3) is 0 Å². The molecule has 1 aliphatic heterocycles. The Labute approximate surface area is 258 Å². The van der Waals surface area contributed by atoms with E-state index in [2.05, 4.69) is 5.32 Å². The molecule has 2 atom stereocenters. The molecule has 2 rings (SSSR count).